The summed E-state index contributed by atoms with van der Waals surface area (Å²) in [6, 6.07) is 15.6. The molecule has 0 spiro atoms. The van der Waals surface area contributed by atoms with Gasteiger partial charge in [-0.05, 0) is 30.7 Å². The molecule has 1 N–H and O–H groups in total. The molecule has 2 aromatic carbocycles. The van der Waals surface area contributed by atoms with Crippen LogP contribution >= 0.6 is 11.6 Å². The summed E-state index contributed by atoms with van der Waals surface area (Å²) in [7, 11) is 0. The quantitative estimate of drug-likeness (QED) is 0.546. The standard InChI is InChI=1S/C21H19ClFN3O3/c1-2-28-20(27)13-29-19-11-18(24-12-14-6-4-3-5-7-14)25-21(26-19)15-8-9-16(22)17(23)10-15/h3-11H,2,12-13H2,1H3,(H,24,25,26). The minimum atomic E-state index is -0.579. The lowest BCUT2D eigenvalue weighted by Gasteiger charge is -2.11. The summed E-state index contributed by atoms with van der Waals surface area (Å²) in [6.45, 7) is 2.19. The Morgan fingerprint density at radius 1 is 1.14 bits per heavy atom. The SMILES string of the molecule is CCOC(=O)COc1cc(NCc2ccccc2)nc(-c2ccc(Cl)c(F)c2)n1. The molecular formula is C21H19ClFN3O3. The van der Waals surface area contributed by atoms with E-state index in [2.05, 4.69) is 15.3 Å². The van der Waals surface area contributed by atoms with Gasteiger partial charge in [0.1, 0.15) is 11.6 Å². The molecule has 0 aliphatic rings. The molecule has 0 unspecified atom stereocenters. The van der Waals surface area contributed by atoms with E-state index in [0.29, 0.717) is 17.9 Å². The number of nitrogens with zero attached hydrogens (tertiary/aromatic N) is 2. The van der Waals surface area contributed by atoms with Crippen molar-refractivity contribution in [3.05, 3.63) is 71.0 Å². The maximum absolute atomic E-state index is 13.9. The lowest BCUT2D eigenvalue weighted by molar-refractivity contribution is -0.145. The Hall–Kier alpha value is -3.19. The number of rotatable bonds is 8. The maximum Gasteiger partial charge on any atom is 0.344 e. The largest absolute Gasteiger partial charge is 0.466 e. The highest BCUT2D eigenvalue weighted by Crippen LogP contribution is 2.25. The Kier molecular flexibility index (Phi) is 6.97. The van der Waals surface area contributed by atoms with E-state index in [1.807, 2.05) is 30.3 Å². The fourth-order valence-electron chi connectivity index (χ4n) is 2.48. The first kappa shape index (κ1) is 20.5. The molecule has 0 bridgehead atoms. The molecule has 3 aromatic rings. The molecule has 3 rings (SSSR count). The van der Waals surface area contributed by atoms with Crippen molar-refractivity contribution in [1.82, 2.24) is 9.97 Å². The summed E-state index contributed by atoms with van der Waals surface area (Å²) >= 11 is 5.76. The third-order valence-corrected chi connectivity index (χ3v) is 4.15. The Balaban J connectivity index is 1.86. The van der Waals surface area contributed by atoms with E-state index in [0.717, 1.165) is 5.56 Å². The van der Waals surface area contributed by atoms with Gasteiger partial charge in [0.15, 0.2) is 12.4 Å². The van der Waals surface area contributed by atoms with Gasteiger partial charge >= 0.3 is 5.97 Å². The van der Waals surface area contributed by atoms with Crippen LogP contribution in [0.25, 0.3) is 11.4 Å². The van der Waals surface area contributed by atoms with E-state index in [1.165, 1.54) is 12.1 Å². The Morgan fingerprint density at radius 2 is 1.93 bits per heavy atom. The first-order valence-corrected chi connectivity index (χ1v) is 9.33. The zero-order valence-corrected chi connectivity index (χ0v) is 16.4. The number of ether oxygens (including phenoxy) is 2. The van der Waals surface area contributed by atoms with Crippen LogP contribution < -0.4 is 10.1 Å². The third kappa shape index (κ3) is 5.89. The van der Waals surface area contributed by atoms with E-state index in [-0.39, 0.29) is 29.9 Å². The molecule has 6 nitrogen and oxygen atoms in total. The second kappa shape index (κ2) is 9.84. The van der Waals surface area contributed by atoms with Crippen molar-refractivity contribution in [3.8, 4) is 17.3 Å². The number of halogens is 2. The van der Waals surface area contributed by atoms with Crippen molar-refractivity contribution < 1.29 is 18.7 Å². The van der Waals surface area contributed by atoms with Crippen LogP contribution in [-0.4, -0.2) is 29.2 Å². The molecule has 1 heterocycles. The molecule has 1 aromatic heterocycles. The molecule has 0 saturated carbocycles. The van der Waals surface area contributed by atoms with Crippen molar-refractivity contribution in [3.63, 3.8) is 0 Å². The molecule has 0 aliphatic carbocycles. The van der Waals surface area contributed by atoms with E-state index in [1.54, 1.807) is 19.1 Å². The predicted molar refractivity (Wildman–Crippen MR) is 108 cm³/mol. The Morgan fingerprint density at radius 3 is 2.66 bits per heavy atom. The number of esters is 1. The van der Waals surface area contributed by atoms with Crippen molar-refractivity contribution in [2.75, 3.05) is 18.5 Å². The fourth-order valence-corrected chi connectivity index (χ4v) is 2.60. The maximum atomic E-state index is 13.9. The number of benzene rings is 2. The first-order chi connectivity index (χ1) is 14.0. The van der Waals surface area contributed by atoms with Gasteiger partial charge in [-0.25, -0.2) is 14.2 Å². The molecule has 8 heteroatoms. The molecular weight excluding hydrogens is 397 g/mol. The van der Waals surface area contributed by atoms with E-state index < -0.39 is 11.8 Å². The van der Waals surface area contributed by atoms with Crippen LogP contribution in [0.15, 0.2) is 54.6 Å². The normalized spacial score (nSPS) is 10.4. The Labute approximate surface area is 172 Å². The third-order valence-electron chi connectivity index (χ3n) is 3.84. The molecule has 29 heavy (non-hydrogen) atoms. The van der Waals surface area contributed by atoms with Crippen LogP contribution in [0.1, 0.15) is 12.5 Å². The van der Waals surface area contributed by atoms with Crippen molar-refractivity contribution in [1.29, 1.82) is 0 Å². The minimum Gasteiger partial charge on any atom is -0.466 e. The zero-order valence-electron chi connectivity index (χ0n) is 15.7. The van der Waals surface area contributed by atoms with Gasteiger partial charge in [-0.2, -0.15) is 4.98 Å². The van der Waals surface area contributed by atoms with Crippen LogP contribution in [0.2, 0.25) is 5.02 Å². The number of carbonyl (C=O) groups is 1. The summed E-state index contributed by atoms with van der Waals surface area (Å²) in [6.07, 6.45) is 0. The van der Waals surface area contributed by atoms with Gasteiger partial charge in [0.2, 0.25) is 5.88 Å². The van der Waals surface area contributed by atoms with Gasteiger partial charge in [-0.3, -0.25) is 0 Å². The summed E-state index contributed by atoms with van der Waals surface area (Å²) in [5.74, 6) is -0.229. The summed E-state index contributed by atoms with van der Waals surface area (Å²) in [5, 5.41) is 3.19. The monoisotopic (exact) mass is 415 g/mol. The van der Waals surface area contributed by atoms with Crippen molar-refractivity contribution in [2.24, 2.45) is 0 Å². The second-order valence-corrected chi connectivity index (χ2v) is 6.38. The van der Waals surface area contributed by atoms with E-state index in [9.17, 15) is 9.18 Å². The summed E-state index contributed by atoms with van der Waals surface area (Å²) < 4.78 is 24.2. The molecule has 0 amide bonds. The lowest BCUT2D eigenvalue weighted by Crippen LogP contribution is -2.15. The smallest absolute Gasteiger partial charge is 0.344 e. The highest BCUT2D eigenvalue weighted by Gasteiger charge is 2.12. The number of carbonyl (C=O) groups excluding carboxylic acids is 1. The van der Waals surface area contributed by atoms with Gasteiger partial charge in [0.25, 0.3) is 0 Å². The molecule has 0 radical (unpaired) electrons. The summed E-state index contributed by atoms with van der Waals surface area (Å²) in [4.78, 5) is 20.3. The minimum absolute atomic E-state index is 0.00546. The van der Waals surface area contributed by atoms with Gasteiger partial charge in [-0.1, -0.05) is 41.9 Å². The fraction of sp³-hybridized carbons (Fsp3) is 0.190. The van der Waals surface area contributed by atoms with Crippen molar-refractivity contribution in [2.45, 2.75) is 13.5 Å². The number of aromatic nitrogens is 2. The van der Waals surface area contributed by atoms with Crippen LogP contribution in [0.3, 0.4) is 0 Å². The number of hydrogen-bond acceptors (Lipinski definition) is 6. The van der Waals surface area contributed by atoms with E-state index >= 15 is 0 Å². The summed E-state index contributed by atoms with van der Waals surface area (Å²) in [5.41, 5.74) is 1.48. The molecule has 150 valence electrons. The first-order valence-electron chi connectivity index (χ1n) is 8.96. The van der Waals surface area contributed by atoms with Crippen LogP contribution in [0.5, 0.6) is 5.88 Å². The average Bonchev–Trinajstić information content (AvgIpc) is 2.73. The average molecular weight is 416 g/mol. The highest BCUT2D eigenvalue weighted by molar-refractivity contribution is 6.30. The molecule has 0 aliphatic heterocycles. The Bertz CT molecular complexity index is 986. The topological polar surface area (TPSA) is 73.3 Å². The number of nitrogens with one attached hydrogen (secondary N) is 1. The zero-order chi connectivity index (χ0) is 20.6. The molecule has 0 saturated heterocycles. The van der Waals surface area contributed by atoms with Crippen molar-refractivity contribution >= 4 is 23.4 Å². The lowest BCUT2D eigenvalue weighted by atomic mass is 10.2. The van der Waals surface area contributed by atoms with E-state index in [4.69, 9.17) is 21.1 Å². The molecule has 0 fully saturated rings. The van der Waals surface area contributed by atoms with Crippen LogP contribution in [0, 0.1) is 5.82 Å². The number of hydrogen-bond donors (Lipinski definition) is 1. The molecule has 0 atom stereocenters. The van der Waals surface area contributed by atoms with Gasteiger partial charge in [0.05, 0.1) is 11.6 Å². The second-order valence-electron chi connectivity index (χ2n) is 5.98. The van der Waals surface area contributed by atoms with Crippen LogP contribution in [0.4, 0.5) is 10.2 Å². The van der Waals surface area contributed by atoms with Gasteiger partial charge in [0, 0.05) is 18.2 Å². The van der Waals surface area contributed by atoms with Gasteiger partial charge in [-0.15, -0.1) is 0 Å². The number of anilines is 1. The highest BCUT2D eigenvalue weighted by atomic mass is 35.5. The van der Waals surface area contributed by atoms with Crippen LogP contribution in [-0.2, 0) is 16.1 Å². The predicted octanol–water partition coefficient (Wildman–Crippen LogP) is 4.49. The van der Waals surface area contributed by atoms with Gasteiger partial charge < -0.3 is 14.8 Å².